The van der Waals surface area contributed by atoms with Gasteiger partial charge in [-0.1, -0.05) is 6.42 Å². The topological polar surface area (TPSA) is 38.8 Å². The SMILES string of the molecule is CN(CCN1CCCCC1)C(=O)NCCCN1CCCC1. The minimum absolute atomic E-state index is 0.0773. The quantitative estimate of drug-likeness (QED) is 0.725. The van der Waals surface area contributed by atoms with Gasteiger partial charge in [0.1, 0.15) is 0 Å². The standard InChI is InChI=1S/C16H32N4O/c1-18(14-15-20-9-3-2-4-10-20)16(21)17-8-7-13-19-11-5-6-12-19/h2-15H2,1H3,(H,17,21). The van der Waals surface area contributed by atoms with Crippen molar-refractivity contribution >= 4 is 6.03 Å². The van der Waals surface area contributed by atoms with E-state index >= 15 is 0 Å². The lowest BCUT2D eigenvalue weighted by Crippen LogP contribution is -2.43. The maximum Gasteiger partial charge on any atom is 0.317 e. The number of nitrogens with one attached hydrogen (secondary N) is 1. The van der Waals surface area contributed by atoms with Crippen molar-refractivity contribution in [3.63, 3.8) is 0 Å². The number of hydrogen-bond donors (Lipinski definition) is 1. The lowest BCUT2D eigenvalue weighted by Gasteiger charge is -2.28. The molecule has 0 atom stereocenters. The molecule has 0 unspecified atom stereocenters. The lowest BCUT2D eigenvalue weighted by atomic mass is 10.1. The summed E-state index contributed by atoms with van der Waals surface area (Å²) >= 11 is 0. The third-order valence-electron chi connectivity index (χ3n) is 4.67. The summed E-state index contributed by atoms with van der Waals surface area (Å²) in [5.41, 5.74) is 0. The Bertz CT molecular complexity index is 299. The molecule has 2 rings (SSSR count). The number of carbonyl (C=O) groups excluding carboxylic acids is 1. The highest BCUT2D eigenvalue weighted by Gasteiger charge is 2.14. The molecule has 2 saturated heterocycles. The molecule has 2 aliphatic heterocycles. The van der Waals surface area contributed by atoms with Crippen molar-refractivity contribution in [2.75, 3.05) is 59.4 Å². The monoisotopic (exact) mass is 296 g/mol. The molecular weight excluding hydrogens is 264 g/mol. The number of nitrogens with zero attached hydrogens (tertiary/aromatic N) is 3. The predicted molar refractivity (Wildman–Crippen MR) is 86.6 cm³/mol. The number of likely N-dealkylation sites (N-methyl/N-ethyl adjacent to an activating group) is 1. The summed E-state index contributed by atoms with van der Waals surface area (Å²) in [7, 11) is 1.90. The Morgan fingerprint density at radius 1 is 0.952 bits per heavy atom. The molecule has 2 heterocycles. The van der Waals surface area contributed by atoms with Gasteiger partial charge < -0.3 is 20.0 Å². The Morgan fingerprint density at radius 2 is 1.52 bits per heavy atom. The minimum Gasteiger partial charge on any atom is -0.338 e. The van der Waals surface area contributed by atoms with Crippen molar-refractivity contribution in [1.29, 1.82) is 0 Å². The lowest BCUT2D eigenvalue weighted by molar-refractivity contribution is 0.183. The van der Waals surface area contributed by atoms with Crippen molar-refractivity contribution in [2.24, 2.45) is 0 Å². The maximum absolute atomic E-state index is 12.0. The van der Waals surface area contributed by atoms with Crippen LogP contribution in [-0.2, 0) is 0 Å². The molecule has 0 aromatic heterocycles. The average Bonchev–Trinajstić information content (AvgIpc) is 3.03. The van der Waals surface area contributed by atoms with E-state index in [2.05, 4.69) is 15.1 Å². The molecule has 5 nitrogen and oxygen atoms in total. The molecule has 0 aliphatic carbocycles. The first-order chi connectivity index (χ1) is 10.3. The number of likely N-dealkylation sites (tertiary alicyclic amines) is 2. The molecule has 2 amide bonds. The maximum atomic E-state index is 12.0. The van der Waals surface area contributed by atoms with Crippen molar-refractivity contribution < 1.29 is 4.79 Å². The van der Waals surface area contributed by atoms with Crippen LogP contribution < -0.4 is 5.32 Å². The summed E-state index contributed by atoms with van der Waals surface area (Å²) in [6.07, 6.45) is 7.73. The van der Waals surface area contributed by atoms with E-state index in [1.165, 1.54) is 58.3 Å². The van der Waals surface area contributed by atoms with E-state index in [1.807, 2.05) is 11.9 Å². The second kappa shape index (κ2) is 9.26. The molecule has 122 valence electrons. The van der Waals surface area contributed by atoms with Gasteiger partial charge in [0.25, 0.3) is 0 Å². The minimum atomic E-state index is 0.0773. The van der Waals surface area contributed by atoms with Gasteiger partial charge in [-0.2, -0.15) is 0 Å². The van der Waals surface area contributed by atoms with Gasteiger partial charge in [-0.05, 0) is 64.8 Å². The van der Waals surface area contributed by atoms with E-state index in [-0.39, 0.29) is 6.03 Å². The molecular formula is C16H32N4O. The number of hydrogen-bond acceptors (Lipinski definition) is 3. The molecule has 0 aromatic rings. The molecule has 1 N–H and O–H groups in total. The van der Waals surface area contributed by atoms with Gasteiger partial charge in [0.05, 0.1) is 0 Å². The van der Waals surface area contributed by atoms with Gasteiger partial charge in [-0.3, -0.25) is 0 Å². The Balaban J connectivity index is 1.50. The van der Waals surface area contributed by atoms with Crippen LogP contribution in [0.1, 0.15) is 38.5 Å². The van der Waals surface area contributed by atoms with Crippen molar-refractivity contribution in [2.45, 2.75) is 38.5 Å². The largest absolute Gasteiger partial charge is 0.338 e. The van der Waals surface area contributed by atoms with Crippen LogP contribution in [0.5, 0.6) is 0 Å². The van der Waals surface area contributed by atoms with Crippen LogP contribution in [0, 0.1) is 0 Å². The fourth-order valence-corrected chi connectivity index (χ4v) is 3.22. The highest BCUT2D eigenvalue weighted by Crippen LogP contribution is 2.08. The summed E-state index contributed by atoms with van der Waals surface area (Å²) < 4.78 is 0. The molecule has 0 bridgehead atoms. The van der Waals surface area contributed by atoms with Crippen LogP contribution in [-0.4, -0.2) is 80.1 Å². The first kappa shape index (κ1) is 16.6. The van der Waals surface area contributed by atoms with Gasteiger partial charge in [0.2, 0.25) is 0 Å². The summed E-state index contributed by atoms with van der Waals surface area (Å²) in [5.74, 6) is 0. The van der Waals surface area contributed by atoms with Crippen LogP contribution in [0.4, 0.5) is 4.79 Å². The second-order valence-corrected chi connectivity index (χ2v) is 6.46. The third kappa shape index (κ3) is 6.22. The van der Waals surface area contributed by atoms with Crippen LogP contribution in [0.2, 0.25) is 0 Å². The zero-order valence-corrected chi connectivity index (χ0v) is 13.6. The highest BCUT2D eigenvalue weighted by molar-refractivity contribution is 5.73. The fraction of sp³-hybridized carbons (Fsp3) is 0.938. The van der Waals surface area contributed by atoms with E-state index in [1.54, 1.807) is 0 Å². The Labute approximate surface area is 129 Å². The van der Waals surface area contributed by atoms with Crippen LogP contribution in [0.25, 0.3) is 0 Å². The van der Waals surface area contributed by atoms with Gasteiger partial charge in [0.15, 0.2) is 0 Å². The first-order valence-electron chi connectivity index (χ1n) is 8.69. The van der Waals surface area contributed by atoms with E-state index in [4.69, 9.17) is 0 Å². The molecule has 2 aliphatic rings. The molecule has 0 saturated carbocycles. The summed E-state index contributed by atoms with van der Waals surface area (Å²) in [6, 6.07) is 0.0773. The summed E-state index contributed by atoms with van der Waals surface area (Å²) in [6.45, 7) is 8.64. The molecule has 0 spiro atoms. The molecule has 0 aromatic carbocycles. The smallest absolute Gasteiger partial charge is 0.317 e. The molecule has 2 fully saturated rings. The normalized spacial score (nSPS) is 20.6. The number of carbonyl (C=O) groups is 1. The molecule has 21 heavy (non-hydrogen) atoms. The van der Waals surface area contributed by atoms with Gasteiger partial charge in [-0.25, -0.2) is 4.79 Å². The average molecular weight is 296 g/mol. The van der Waals surface area contributed by atoms with Gasteiger partial charge in [-0.15, -0.1) is 0 Å². The van der Waals surface area contributed by atoms with E-state index in [0.717, 1.165) is 32.6 Å². The van der Waals surface area contributed by atoms with Crippen LogP contribution in [0.3, 0.4) is 0 Å². The molecule has 0 radical (unpaired) electrons. The van der Waals surface area contributed by atoms with Crippen molar-refractivity contribution in [3.8, 4) is 0 Å². The summed E-state index contributed by atoms with van der Waals surface area (Å²) in [5, 5.41) is 3.04. The third-order valence-corrected chi connectivity index (χ3v) is 4.67. The Morgan fingerprint density at radius 3 is 2.19 bits per heavy atom. The first-order valence-corrected chi connectivity index (χ1v) is 8.69. The zero-order chi connectivity index (χ0) is 14.9. The van der Waals surface area contributed by atoms with Crippen LogP contribution in [0.15, 0.2) is 0 Å². The molecule has 5 heteroatoms. The Hall–Kier alpha value is -0.810. The summed E-state index contributed by atoms with van der Waals surface area (Å²) in [4.78, 5) is 18.8. The van der Waals surface area contributed by atoms with E-state index in [9.17, 15) is 4.79 Å². The van der Waals surface area contributed by atoms with Gasteiger partial charge >= 0.3 is 6.03 Å². The number of piperidine rings is 1. The van der Waals surface area contributed by atoms with Crippen LogP contribution >= 0.6 is 0 Å². The van der Waals surface area contributed by atoms with E-state index in [0.29, 0.717) is 0 Å². The fourth-order valence-electron chi connectivity index (χ4n) is 3.22. The predicted octanol–water partition coefficient (Wildman–Crippen LogP) is 1.60. The second-order valence-electron chi connectivity index (χ2n) is 6.46. The van der Waals surface area contributed by atoms with Crippen molar-refractivity contribution in [1.82, 2.24) is 20.0 Å². The number of rotatable bonds is 7. The number of urea groups is 1. The highest BCUT2D eigenvalue weighted by atomic mass is 16.2. The Kier molecular flexibility index (Phi) is 7.30. The zero-order valence-electron chi connectivity index (χ0n) is 13.6. The number of amides is 2. The van der Waals surface area contributed by atoms with Gasteiger partial charge in [0, 0.05) is 26.7 Å². The van der Waals surface area contributed by atoms with Crippen molar-refractivity contribution in [3.05, 3.63) is 0 Å². The van der Waals surface area contributed by atoms with E-state index < -0.39 is 0 Å².